The van der Waals surface area contributed by atoms with E-state index in [1.807, 2.05) is 18.2 Å². The number of esters is 1. The van der Waals surface area contributed by atoms with Crippen molar-refractivity contribution in [1.29, 1.82) is 0 Å². The lowest BCUT2D eigenvalue weighted by Crippen LogP contribution is -2.00. The van der Waals surface area contributed by atoms with E-state index in [-0.39, 0.29) is 5.89 Å². The fraction of sp³-hybridized carbons (Fsp3) is 0.0833. The lowest BCUT2D eigenvalue weighted by molar-refractivity contribution is 0.0559. The van der Waals surface area contributed by atoms with E-state index in [0.717, 1.165) is 5.39 Å². The van der Waals surface area contributed by atoms with Gasteiger partial charge in [-0.2, -0.15) is 0 Å². The average molecular weight is 228 g/mol. The maximum absolute atomic E-state index is 11.3. The molecule has 3 rings (SSSR count). The Hall–Kier alpha value is -2.43. The average Bonchev–Trinajstić information content (AvgIpc) is 2.82. The first-order valence-electron chi connectivity index (χ1n) is 5.02. The number of aromatic nitrogens is 2. The number of methoxy groups -OCH3 is 1. The number of carbonyl (C=O) groups excluding carboxylic acids is 1. The molecule has 0 saturated carbocycles. The third-order valence-corrected chi connectivity index (χ3v) is 2.49. The van der Waals surface area contributed by atoms with Crippen LogP contribution >= 0.6 is 0 Å². The Morgan fingerprint density at radius 3 is 3.00 bits per heavy atom. The van der Waals surface area contributed by atoms with Gasteiger partial charge in [0.15, 0.2) is 5.58 Å². The number of fused-ring (bicyclic) bond motifs is 3. The summed E-state index contributed by atoms with van der Waals surface area (Å²) < 4.78 is 9.87. The Bertz CT molecular complexity index is 718. The molecule has 2 aromatic heterocycles. The molecule has 0 unspecified atom stereocenters. The van der Waals surface area contributed by atoms with Gasteiger partial charge in [0.1, 0.15) is 5.52 Å². The standard InChI is InChI=1S/C12H8N2O3/c1-16-12(15)11-14-10-8(17-11)5-4-7-3-2-6-13-9(7)10/h2-6H,1H3. The van der Waals surface area contributed by atoms with Gasteiger partial charge in [-0.25, -0.2) is 9.78 Å². The molecule has 0 aliphatic heterocycles. The highest BCUT2D eigenvalue weighted by atomic mass is 16.5. The van der Waals surface area contributed by atoms with E-state index >= 15 is 0 Å². The van der Waals surface area contributed by atoms with Crippen LogP contribution in [-0.2, 0) is 4.74 Å². The Morgan fingerprint density at radius 1 is 1.29 bits per heavy atom. The predicted octanol–water partition coefficient (Wildman–Crippen LogP) is 2.16. The molecule has 0 amide bonds. The first-order chi connectivity index (χ1) is 8.29. The molecule has 5 heteroatoms. The zero-order valence-corrected chi connectivity index (χ0v) is 9.01. The molecule has 5 nitrogen and oxygen atoms in total. The lowest BCUT2D eigenvalue weighted by atomic mass is 10.2. The molecule has 17 heavy (non-hydrogen) atoms. The summed E-state index contributed by atoms with van der Waals surface area (Å²) in [7, 11) is 1.29. The van der Waals surface area contributed by atoms with Crippen molar-refractivity contribution < 1.29 is 13.9 Å². The largest absolute Gasteiger partial charge is 0.462 e. The molecule has 84 valence electrons. The van der Waals surface area contributed by atoms with E-state index in [2.05, 4.69) is 14.7 Å². The van der Waals surface area contributed by atoms with E-state index in [1.54, 1.807) is 12.3 Å². The molecule has 0 radical (unpaired) electrons. The summed E-state index contributed by atoms with van der Waals surface area (Å²) in [5.41, 5.74) is 1.81. The molecule has 0 spiro atoms. The molecule has 0 aliphatic carbocycles. The van der Waals surface area contributed by atoms with Gasteiger partial charge in [0.25, 0.3) is 0 Å². The summed E-state index contributed by atoms with van der Waals surface area (Å²) in [5, 5.41) is 0.949. The molecule has 0 atom stereocenters. The second-order valence-electron chi connectivity index (χ2n) is 3.50. The van der Waals surface area contributed by atoms with Crippen LogP contribution in [0.1, 0.15) is 10.7 Å². The minimum absolute atomic E-state index is 0.0550. The first-order valence-corrected chi connectivity index (χ1v) is 5.02. The van der Waals surface area contributed by atoms with Crippen LogP contribution in [0.2, 0.25) is 0 Å². The second-order valence-corrected chi connectivity index (χ2v) is 3.50. The van der Waals surface area contributed by atoms with Gasteiger partial charge in [-0.1, -0.05) is 6.07 Å². The van der Waals surface area contributed by atoms with E-state index in [1.165, 1.54) is 7.11 Å². The summed E-state index contributed by atoms with van der Waals surface area (Å²) >= 11 is 0. The van der Waals surface area contributed by atoms with Crippen LogP contribution in [0.25, 0.3) is 22.0 Å². The van der Waals surface area contributed by atoms with Gasteiger partial charge in [0, 0.05) is 11.6 Å². The molecule has 0 bridgehead atoms. The van der Waals surface area contributed by atoms with Crippen molar-refractivity contribution >= 4 is 28.0 Å². The van der Waals surface area contributed by atoms with E-state index in [0.29, 0.717) is 16.6 Å². The van der Waals surface area contributed by atoms with Crippen molar-refractivity contribution in [2.45, 2.75) is 0 Å². The van der Waals surface area contributed by atoms with Crippen molar-refractivity contribution in [1.82, 2.24) is 9.97 Å². The van der Waals surface area contributed by atoms with Crippen LogP contribution in [0.5, 0.6) is 0 Å². The van der Waals surface area contributed by atoms with Crippen molar-refractivity contribution in [3.63, 3.8) is 0 Å². The van der Waals surface area contributed by atoms with Crippen molar-refractivity contribution in [3.8, 4) is 0 Å². The van der Waals surface area contributed by atoms with Crippen LogP contribution in [0.3, 0.4) is 0 Å². The smallest absolute Gasteiger partial charge is 0.394 e. The first kappa shape index (κ1) is 9.77. The van der Waals surface area contributed by atoms with Crippen LogP contribution in [0.4, 0.5) is 0 Å². The van der Waals surface area contributed by atoms with E-state index in [4.69, 9.17) is 4.42 Å². The number of oxazole rings is 1. The van der Waals surface area contributed by atoms with E-state index in [9.17, 15) is 4.79 Å². The number of rotatable bonds is 1. The van der Waals surface area contributed by atoms with Crippen LogP contribution in [0, 0.1) is 0 Å². The topological polar surface area (TPSA) is 65.2 Å². The number of hydrogen-bond acceptors (Lipinski definition) is 5. The fourth-order valence-electron chi connectivity index (χ4n) is 1.70. The molecule has 0 fully saturated rings. The zero-order chi connectivity index (χ0) is 11.8. The maximum atomic E-state index is 11.3. The zero-order valence-electron chi connectivity index (χ0n) is 9.01. The number of benzene rings is 1. The molecular formula is C12H8N2O3. The van der Waals surface area contributed by atoms with Crippen molar-refractivity contribution in [3.05, 3.63) is 36.4 Å². The van der Waals surface area contributed by atoms with Crippen molar-refractivity contribution in [2.75, 3.05) is 7.11 Å². The number of ether oxygens (including phenoxy) is 1. The molecule has 0 N–H and O–H groups in total. The monoisotopic (exact) mass is 228 g/mol. The number of pyridine rings is 1. The molecule has 2 heterocycles. The molecule has 3 aromatic rings. The fourth-order valence-corrected chi connectivity index (χ4v) is 1.70. The predicted molar refractivity (Wildman–Crippen MR) is 60.6 cm³/mol. The van der Waals surface area contributed by atoms with Gasteiger partial charge in [0.2, 0.25) is 0 Å². The normalized spacial score (nSPS) is 10.9. The Kier molecular flexibility index (Phi) is 2.04. The summed E-state index contributed by atoms with van der Waals surface area (Å²) in [6.45, 7) is 0. The highest BCUT2D eigenvalue weighted by Crippen LogP contribution is 2.23. The third-order valence-electron chi connectivity index (χ3n) is 2.49. The van der Waals surface area contributed by atoms with Crippen LogP contribution in [0.15, 0.2) is 34.9 Å². The maximum Gasteiger partial charge on any atom is 0.394 e. The molecule has 0 saturated heterocycles. The van der Waals surface area contributed by atoms with Gasteiger partial charge < -0.3 is 9.15 Å². The van der Waals surface area contributed by atoms with E-state index < -0.39 is 5.97 Å². The SMILES string of the molecule is COC(=O)c1nc2c(ccc3cccnc32)o1. The second kappa shape index (κ2) is 3.55. The van der Waals surface area contributed by atoms with Crippen LogP contribution in [-0.4, -0.2) is 23.0 Å². The van der Waals surface area contributed by atoms with Gasteiger partial charge in [-0.15, -0.1) is 0 Å². The van der Waals surface area contributed by atoms with Gasteiger partial charge in [-0.3, -0.25) is 4.98 Å². The Labute approximate surface area is 96.0 Å². The van der Waals surface area contributed by atoms with Gasteiger partial charge in [0.05, 0.1) is 12.6 Å². The number of hydrogen-bond donors (Lipinski definition) is 0. The molecule has 0 aliphatic rings. The minimum Gasteiger partial charge on any atom is -0.462 e. The van der Waals surface area contributed by atoms with Crippen LogP contribution < -0.4 is 0 Å². The summed E-state index contributed by atoms with van der Waals surface area (Å²) in [4.78, 5) is 19.7. The number of carbonyl (C=O) groups is 1. The molecule has 1 aromatic carbocycles. The number of nitrogens with zero attached hydrogens (tertiary/aromatic N) is 2. The third kappa shape index (κ3) is 1.44. The summed E-state index contributed by atoms with van der Waals surface area (Å²) in [6, 6.07) is 7.40. The summed E-state index contributed by atoms with van der Waals surface area (Å²) in [5.74, 6) is -0.647. The molecular weight excluding hydrogens is 220 g/mol. The summed E-state index contributed by atoms with van der Waals surface area (Å²) in [6.07, 6.45) is 1.67. The Morgan fingerprint density at radius 2 is 2.18 bits per heavy atom. The van der Waals surface area contributed by atoms with Gasteiger partial charge in [-0.05, 0) is 18.2 Å². The lowest BCUT2D eigenvalue weighted by Gasteiger charge is -1.94. The Balaban J connectivity index is 2.35. The highest BCUT2D eigenvalue weighted by Gasteiger charge is 2.16. The minimum atomic E-state index is -0.592. The van der Waals surface area contributed by atoms with Crippen molar-refractivity contribution in [2.24, 2.45) is 0 Å². The van der Waals surface area contributed by atoms with Gasteiger partial charge >= 0.3 is 11.9 Å². The highest BCUT2D eigenvalue weighted by molar-refractivity contribution is 6.02. The quantitative estimate of drug-likeness (QED) is 0.597.